The van der Waals surface area contributed by atoms with Crippen LogP contribution < -0.4 is 10.1 Å². The molecule has 1 aliphatic carbocycles. The maximum atomic E-state index is 12.3. The SMILES string of the molecule is CO/C=C(/C(=O)OC)c1ccccc1COc1nc(Nc2ccc(Cl)c(C)c2Cl)nc2c1CCC2. The van der Waals surface area contributed by atoms with E-state index in [9.17, 15) is 4.79 Å². The quantitative estimate of drug-likeness (QED) is 0.222. The molecule has 1 N–H and O–H groups in total. The number of fused-ring (bicyclic) bond motifs is 1. The molecule has 0 saturated heterocycles. The van der Waals surface area contributed by atoms with Crippen LogP contribution in [0.4, 0.5) is 11.6 Å². The molecule has 7 nitrogen and oxygen atoms in total. The standard InChI is InChI=1S/C26H25Cl2N3O4/c1-15-20(27)11-12-22(23(15)28)30-26-29-21-10-6-9-18(21)24(31-26)35-13-16-7-4-5-8-17(16)19(14-33-2)25(32)34-3/h4-5,7-8,11-12,14H,6,9-10,13H2,1-3H3,(H,29,30,31)/b19-14+. The molecule has 0 saturated carbocycles. The minimum atomic E-state index is -0.496. The number of nitrogens with one attached hydrogen (secondary N) is 1. The van der Waals surface area contributed by atoms with Gasteiger partial charge in [-0.25, -0.2) is 9.78 Å². The number of carbonyl (C=O) groups is 1. The number of ether oxygens (including phenoxy) is 3. The van der Waals surface area contributed by atoms with Crippen LogP contribution in [0.2, 0.25) is 10.0 Å². The molecular formula is C26H25Cl2N3O4. The molecule has 0 aliphatic heterocycles. The molecule has 0 spiro atoms. The molecule has 1 aromatic heterocycles. The van der Waals surface area contributed by atoms with Crippen LogP contribution in [0.3, 0.4) is 0 Å². The van der Waals surface area contributed by atoms with E-state index in [1.54, 1.807) is 12.1 Å². The molecule has 3 aromatic rings. The molecule has 0 unspecified atom stereocenters. The highest BCUT2D eigenvalue weighted by Gasteiger charge is 2.22. The number of aryl methyl sites for hydroxylation is 1. The van der Waals surface area contributed by atoms with E-state index in [0.717, 1.165) is 41.6 Å². The largest absolute Gasteiger partial charge is 0.503 e. The van der Waals surface area contributed by atoms with Gasteiger partial charge in [0.05, 0.1) is 36.9 Å². The Hall–Kier alpha value is -3.29. The molecule has 35 heavy (non-hydrogen) atoms. The minimum absolute atomic E-state index is 0.192. The van der Waals surface area contributed by atoms with Gasteiger partial charge in [0, 0.05) is 10.6 Å². The Labute approximate surface area is 214 Å². The zero-order chi connectivity index (χ0) is 24.9. The Balaban J connectivity index is 1.63. The van der Waals surface area contributed by atoms with Crippen molar-refractivity contribution in [2.24, 2.45) is 0 Å². The van der Waals surface area contributed by atoms with Gasteiger partial charge in [0.25, 0.3) is 0 Å². The highest BCUT2D eigenvalue weighted by atomic mass is 35.5. The normalized spacial score (nSPS) is 12.8. The number of aromatic nitrogens is 2. The third-order valence-corrected chi connectivity index (χ3v) is 6.67. The second kappa shape index (κ2) is 11.0. The fourth-order valence-corrected chi connectivity index (χ4v) is 4.37. The molecule has 182 valence electrons. The summed E-state index contributed by atoms with van der Waals surface area (Å²) in [7, 11) is 2.81. The molecule has 9 heteroatoms. The van der Waals surface area contributed by atoms with Crippen molar-refractivity contribution >= 4 is 46.4 Å². The molecule has 0 atom stereocenters. The van der Waals surface area contributed by atoms with Crippen molar-refractivity contribution in [1.29, 1.82) is 0 Å². The number of hydrogen-bond donors (Lipinski definition) is 1. The number of carbonyl (C=O) groups excluding carboxylic acids is 1. The third kappa shape index (κ3) is 5.36. The van der Waals surface area contributed by atoms with Gasteiger partial charge >= 0.3 is 5.97 Å². The smallest absolute Gasteiger partial charge is 0.341 e. The Morgan fingerprint density at radius 2 is 1.91 bits per heavy atom. The summed E-state index contributed by atoms with van der Waals surface area (Å²) in [6.45, 7) is 2.05. The lowest BCUT2D eigenvalue weighted by atomic mass is 10.0. The number of methoxy groups -OCH3 is 2. The second-order valence-electron chi connectivity index (χ2n) is 7.99. The predicted octanol–water partition coefficient (Wildman–Crippen LogP) is 6.06. The van der Waals surface area contributed by atoms with E-state index in [-0.39, 0.29) is 6.61 Å². The van der Waals surface area contributed by atoms with Crippen molar-refractivity contribution in [1.82, 2.24) is 9.97 Å². The number of hydrogen-bond acceptors (Lipinski definition) is 7. The van der Waals surface area contributed by atoms with Crippen molar-refractivity contribution in [3.63, 3.8) is 0 Å². The van der Waals surface area contributed by atoms with E-state index in [1.807, 2.05) is 31.2 Å². The molecule has 0 amide bonds. The van der Waals surface area contributed by atoms with Gasteiger partial charge in [0.15, 0.2) is 0 Å². The first kappa shape index (κ1) is 24.8. The number of halogens is 2. The van der Waals surface area contributed by atoms with E-state index < -0.39 is 5.97 Å². The van der Waals surface area contributed by atoms with Gasteiger partial charge < -0.3 is 19.5 Å². The predicted molar refractivity (Wildman–Crippen MR) is 136 cm³/mol. The van der Waals surface area contributed by atoms with E-state index >= 15 is 0 Å². The summed E-state index contributed by atoms with van der Waals surface area (Å²) in [5, 5.41) is 4.30. The lowest BCUT2D eigenvalue weighted by molar-refractivity contribution is -0.133. The summed E-state index contributed by atoms with van der Waals surface area (Å²) in [4.78, 5) is 21.6. The Morgan fingerprint density at radius 1 is 1.11 bits per heavy atom. The lowest BCUT2D eigenvalue weighted by Gasteiger charge is -2.15. The van der Waals surface area contributed by atoms with Crippen LogP contribution in [-0.4, -0.2) is 30.2 Å². The van der Waals surface area contributed by atoms with Crippen LogP contribution in [-0.2, 0) is 33.7 Å². The molecule has 0 fully saturated rings. The van der Waals surface area contributed by atoms with E-state index in [0.29, 0.717) is 38.7 Å². The maximum Gasteiger partial charge on any atom is 0.341 e. The van der Waals surface area contributed by atoms with Gasteiger partial charge in [-0.1, -0.05) is 47.5 Å². The van der Waals surface area contributed by atoms with Crippen molar-refractivity contribution in [3.05, 3.63) is 80.7 Å². The highest BCUT2D eigenvalue weighted by Crippen LogP contribution is 2.35. The molecule has 1 aliphatic rings. The summed E-state index contributed by atoms with van der Waals surface area (Å²) in [5.74, 6) is 0.401. The van der Waals surface area contributed by atoms with Crippen molar-refractivity contribution in [3.8, 4) is 5.88 Å². The minimum Gasteiger partial charge on any atom is -0.503 e. The first-order valence-electron chi connectivity index (χ1n) is 11.1. The zero-order valence-electron chi connectivity index (χ0n) is 19.7. The van der Waals surface area contributed by atoms with Gasteiger partial charge in [-0.2, -0.15) is 4.98 Å². The lowest BCUT2D eigenvalue weighted by Crippen LogP contribution is -2.10. The summed E-state index contributed by atoms with van der Waals surface area (Å²) < 4.78 is 16.2. The fraction of sp³-hybridized carbons (Fsp3) is 0.269. The van der Waals surface area contributed by atoms with Crippen LogP contribution in [0, 0.1) is 6.92 Å². The second-order valence-corrected chi connectivity index (χ2v) is 8.78. The van der Waals surface area contributed by atoms with Gasteiger partial charge in [-0.05, 0) is 55.0 Å². The maximum absolute atomic E-state index is 12.3. The number of benzene rings is 2. The average Bonchev–Trinajstić information content (AvgIpc) is 3.35. The molecule has 4 rings (SSSR count). The molecule has 0 bridgehead atoms. The number of anilines is 2. The fourth-order valence-electron chi connectivity index (χ4n) is 3.96. The van der Waals surface area contributed by atoms with Crippen LogP contribution in [0.5, 0.6) is 5.88 Å². The number of rotatable bonds is 8. The van der Waals surface area contributed by atoms with Crippen LogP contribution >= 0.6 is 23.2 Å². The number of nitrogens with zero attached hydrogens (tertiary/aromatic N) is 2. The summed E-state index contributed by atoms with van der Waals surface area (Å²) in [5.41, 5.74) is 5.13. The molecule has 0 radical (unpaired) electrons. The Kier molecular flexibility index (Phi) is 7.78. The average molecular weight is 514 g/mol. The zero-order valence-corrected chi connectivity index (χ0v) is 21.2. The number of esters is 1. The van der Waals surface area contributed by atoms with E-state index in [1.165, 1.54) is 20.5 Å². The first-order chi connectivity index (χ1) is 16.9. The van der Waals surface area contributed by atoms with Gasteiger partial charge in [-0.3, -0.25) is 0 Å². The summed E-state index contributed by atoms with van der Waals surface area (Å²) in [6.07, 6.45) is 4.03. The third-order valence-electron chi connectivity index (χ3n) is 5.77. The van der Waals surface area contributed by atoms with E-state index in [4.69, 9.17) is 37.4 Å². The van der Waals surface area contributed by atoms with Gasteiger partial charge in [-0.15, -0.1) is 0 Å². The van der Waals surface area contributed by atoms with E-state index in [2.05, 4.69) is 15.3 Å². The monoisotopic (exact) mass is 513 g/mol. The van der Waals surface area contributed by atoms with Crippen molar-refractivity contribution in [2.45, 2.75) is 32.8 Å². The van der Waals surface area contributed by atoms with Crippen LogP contribution in [0.15, 0.2) is 42.7 Å². The van der Waals surface area contributed by atoms with Crippen molar-refractivity contribution in [2.75, 3.05) is 19.5 Å². The topological polar surface area (TPSA) is 82.6 Å². The molecule has 1 heterocycles. The first-order valence-corrected chi connectivity index (χ1v) is 11.8. The van der Waals surface area contributed by atoms with Crippen molar-refractivity contribution < 1.29 is 19.0 Å². The Morgan fingerprint density at radius 3 is 2.69 bits per heavy atom. The Bertz CT molecular complexity index is 1290. The molecular weight excluding hydrogens is 489 g/mol. The van der Waals surface area contributed by atoms with Crippen LogP contribution in [0.1, 0.15) is 34.4 Å². The van der Waals surface area contributed by atoms with Gasteiger partial charge in [0.2, 0.25) is 11.8 Å². The van der Waals surface area contributed by atoms with Crippen LogP contribution in [0.25, 0.3) is 5.57 Å². The summed E-state index contributed by atoms with van der Waals surface area (Å²) >= 11 is 12.6. The van der Waals surface area contributed by atoms with Gasteiger partial charge in [0.1, 0.15) is 12.2 Å². The summed E-state index contributed by atoms with van der Waals surface area (Å²) in [6, 6.07) is 11.0. The highest BCUT2D eigenvalue weighted by molar-refractivity contribution is 6.37. The molecule has 2 aromatic carbocycles.